The van der Waals surface area contributed by atoms with Gasteiger partial charge in [-0.1, -0.05) is 6.92 Å². The van der Waals surface area contributed by atoms with Gasteiger partial charge in [-0.25, -0.2) is 7.42 Å². The summed E-state index contributed by atoms with van der Waals surface area (Å²) in [5, 5.41) is 0. The number of hydrogen-bond acceptors (Lipinski definition) is 4. The van der Waals surface area contributed by atoms with Crippen molar-refractivity contribution in [3.05, 3.63) is 0 Å². The lowest BCUT2D eigenvalue weighted by Gasteiger charge is -2.07. The number of hydrogen-bond donors (Lipinski definition) is 0. The smallest absolute Gasteiger partial charge is 0.285 e. The Morgan fingerprint density at radius 3 is 2.60 bits per heavy atom. The molecule has 0 aliphatic heterocycles. The maximum Gasteiger partial charge on any atom is 0.500 e. The second kappa shape index (κ2) is 5.74. The molecule has 0 aromatic heterocycles. The van der Waals surface area contributed by atoms with Gasteiger partial charge in [0, 0.05) is 0 Å². The van der Waals surface area contributed by atoms with Gasteiger partial charge >= 0.3 is 7.82 Å². The highest BCUT2D eigenvalue weighted by molar-refractivity contribution is 14.1. The Hall–Kier alpha value is 1.13. The first-order chi connectivity index (χ1) is 4.68. The summed E-state index contributed by atoms with van der Waals surface area (Å²) in [5.41, 5.74) is 0. The molecule has 0 rings (SSSR count). The first-order valence-electron chi connectivity index (χ1n) is 2.53. The van der Waals surface area contributed by atoms with Crippen LogP contribution in [0.15, 0.2) is 0 Å². The number of halogens is 2. The number of phosphoric acid groups is 1. The van der Waals surface area contributed by atoms with E-state index >= 15 is 0 Å². The Bertz CT molecular complexity index is 124. The van der Waals surface area contributed by atoms with Gasteiger partial charge in [-0.05, 0) is 6.42 Å². The monoisotopic (exact) mass is 300 g/mol. The van der Waals surface area contributed by atoms with Crippen molar-refractivity contribution in [2.75, 3.05) is 6.61 Å². The zero-order valence-corrected chi connectivity index (χ0v) is 9.06. The molecule has 0 saturated heterocycles. The van der Waals surface area contributed by atoms with Crippen molar-refractivity contribution in [3.63, 3.8) is 0 Å². The largest absolute Gasteiger partial charge is 0.500 e. The van der Waals surface area contributed by atoms with E-state index in [0.717, 1.165) is 6.42 Å². The van der Waals surface area contributed by atoms with Crippen LogP contribution in [-0.2, 0) is 16.0 Å². The molecule has 0 saturated carbocycles. The summed E-state index contributed by atoms with van der Waals surface area (Å²) < 4.78 is 23.9. The molecule has 0 aromatic carbocycles. The molecule has 7 heteroatoms. The lowest BCUT2D eigenvalue weighted by Crippen LogP contribution is -1.90. The van der Waals surface area contributed by atoms with Crippen LogP contribution in [0.5, 0.6) is 0 Å². The predicted octanol–water partition coefficient (Wildman–Crippen LogP) is 3.06. The molecule has 0 bridgehead atoms. The van der Waals surface area contributed by atoms with E-state index in [1.807, 2.05) is 6.92 Å². The Labute approximate surface area is 78.6 Å². The summed E-state index contributed by atoms with van der Waals surface area (Å²) >= 11 is 6.24. The third kappa shape index (κ3) is 4.10. The van der Waals surface area contributed by atoms with E-state index in [9.17, 15) is 4.57 Å². The summed E-state index contributed by atoms with van der Waals surface area (Å²) in [4.78, 5) is 0. The predicted molar refractivity (Wildman–Crippen MR) is 45.9 cm³/mol. The molecule has 0 aliphatic carbocycles. The van der Waals surface area contributed by atoms with E-state index in [2.05, 4.69) is 11.5 Å². The zero-order valence-electron chi connectivity index (χ0n) is 5.25. The van der Waals surface area contributed by atoms with Gasteiger partial charge in [0.2, 0.25) is 0 Å². The van der Waals surface area contributed by atoms with Crippen molar-refractivity contribution in [1.82, 2.24) is 0 Å². The average Bonchev–Trinajstić information content (AvgIpc) is 2.00. The molecule has 10 heavy (non-hydrogen) atoms. The van der Waals surface area contributed by atoms with E-state index in [1.54, 1.807) is 0 Å². The van der Waals surface area contributed by atoms with E-state index < -0.39 is 7.82 Å². The van der Waals surface area contributed by atoms with Crippen LogP contribution in [0, 0.1) is 0 Å². The SMILES string of the molecule is CCCOP(=O)(OCl)OI. The Balaban J connectivity index is 3.70. The first-order valence-corrected chi connectivity index (χ1v) is 5.18. The van der Waals surface area contributed by atoms with E-state index in [0.29, 0.717) is 6.61 Å². The van der Waals surface area contributed by atoms with Crippen LogP contribution in [0.3, 0.4) is 0 Å². The maximum absolute atomic E-state index is 10.9. The third-order valence-corrected chi connectivity index (χ3v) is 3.41. The molecule has 0 fully saturated rings. The van der Waals surface area contributed by atoms with Crippen LogP contribution < -0.4 is 0 Å². The fraction of sp³-hybridized carbons (Fsp3) is 1.00. The molecule has 0 spiro atoms. The summed E-state index contributed by atoms with van der Waals surface area (Å²) in [6.45, 7) is 2.17. The van der Waals surface area contributed by atoms with Gasteiger partial charge in [-0.3, -0.25) is 4.52 Å². The van der Waals surface area contributed by atoms with Gasteiger partial charge in [0.05, 0.1) is 18.5 Å². The van der Waals surface area contributed by atoms with E-state index in [1.165, 1.54) is 23.0 Å². The molecule has 0 amide bonds. The maximum atomic E-state index is 10.9. The summed E-state index contributed by atoms with van der Waals surface area (Å²) in [7, 11) is -3.45. The molecule has 4 nitrogen and oxygen atoms in total. The molecular formula is C3H7ClIO4P. The van der Waals surface area contributed by atoms with Crippen LogP contribution in [-0.4, -0.2) is 6.61 Å². The molecule has 1 unspecified atom stereocenters. The van der Waals surface area contributed by atoms with Crippen molar-refractivity contribution in [2.45, 2.75) is 13.3 Å². The van der Waals surface area contributed by atoms with Gasteiger partial charge in [0.1, 0.15) is 23.0 Å². The van der Waals surface area contributed by atoms with Crippen molar-refractivity contribution in [1.29, 1.82) is 0 Å². The Morgan fingerprint density at radius 2 is 2.30 bits per heavy atom. The lowest BCUT2D eigenvalue weighted by molar-refractivity contribution is 0.230. The van der Waals surface area contributed by atoms with Crippen molar-refractivity contribution in [2.24, 2.45) is 0 Å². The fourth-order valence-corrected chi connectivity index (χ4v) is 1.83. The highest BCUT2D eigenvalue weighted by Gasteiger charge is 2.24. The standard InChI is InChI=1S/C3H7ClIO4P/c1-2-3-7-10(6,8-4)9-5/h2-3H2,1H3. The van der Waals surface area contributed by atoms with Crippen LogP contribution in [0.1, 0.15) is 13.3 Å². The second-order valence-electron chi connectivity index (χ2n) is 1.42. The molecule has 0 heterocycles. The Morgan fingerprint density at radius 1 is 1.70 bits per heavy atom. The minimum atomic E-state index is -3.45. The van der Waals surface area contributed by atoms with E-state index in [4.69, 9.17) is 11.9 Å². The molecule has 0 aliphatic rings. The lowest BCUT2D eigenvalue weighted by atomic mass is 10.5. The average molecular weight is 300 g/mol. The minimum Gasteiger partial charge on any atom is -0.285 e. The molecule has 0 radical (unpaired) electrons. The van der Waals surface area contributed by atoms with Crippen LogP contribution >= 0.6 is 42.7 Å². The second-order valence-corrected chi connectivity index (χ2v) is 4.44. The normalized spacial score (nSPS) is 16.7. The topological polar surface area (TPSA) is 44.8 Å². The van der Waals surface area contributed by atoms with Crippen molar-refractivity contribution < 1.29 is 16.0 Å². The Kier molecular flexibility index (Phi) is 6.39. The number of rotatable bonds is 5. The fourth-order valence-electron chi connectivity index (χ4n) is 0.254. The first kappa shape index (κ1) is 11.1. The van der Waals surface area contributed by atoms with Crippen molar-refractivity contribution >= 4 is 42.7 Å². The van der Waals surface area contributed by atoms with Gasteiger partial charge in [0.15, 0.2) is 0 Å². The van der Waals surface area contributed by atoms with Crippen LogP contribution in [0.2, 0.25) is 0 Å². The minimum absolute atomic E-state index is 0.299. The highest BCUT2D eigenvalue weighted by atomic mass is 127. The van der Waals surface area contributed by atoms with E-state index in [-0.39, 0.29) is 0 Å². The van der Waals surface area contributed by atoms with Gasteiger partial charge in [0.25, 0.3) is 0 Å². The molecular weight excluding hydrogens is 293 g/mol. The quantitative estimate of drug-likeness (QED) is 0.578. The summed E-state index contributed by atoms with van der Waals surface area (Å²) in [5.74, 6) is 0. The van der Waals surface area contributed by atoms with Gasteiger partial charge < -0.3 is 0 Å². The molecule has 0 aromatic rings. The van der Waals surface area contributed by atoms with Gasteiger partial charge in [-0.15, -0.1) is 0 Å². The van der Waals surface area contributed by atoms with Crippen LogP contribution in [0.4, 0.5) is 0 Å². The third-order valence-electron chi connectivity index (χ3n) is 0.623. The molecule has 0 N–H and O–H groups in total. The van der Waals surface area contributed by atoms with Crippen molar-refractivity contribution in [3.8, 4) is 0 Å². The molecule has 62 valence electrons. The summed E-state index contributed by atoms with van der Waals surface area (Å²) in [6.07, 6.45) is 0.726. The van der Waals surface area contributed by atoms with Crippen LogP contribution in [0.25, 0.3) is 0 Å². The summed E-state index contributed by atoms with van der Waals surface area (Å²) in [6, 6.07) is 0. The van der Waals surface area contributed by atoms with Gasteiger partial charge in [-0.2, -0.15) is 4.08 Å². The molecule has 1 atom stereocenters. The zero-order chi connectivity index (χ0) is 8.04. The highest BCUT2D eigenvalue weighted by Crippen LogP contribution is 2.52.